The fraction of sp³-hybridized carbons (Fsp3) is 1.00. The zero-order valence-corrected chi connectivity index (χ0v) is 8.51. The Morgan fingerprint density at radius 1 is 1.42 bits per heavy atom. The predicted octanol–water partition coefficient (Wildman–Crippen LogP) is 1.49. The summed E-state index contributed by atoms with van der Waals surface area (Å²) in [5, 5.41) is 9.29. The molecule has 1 N–H and O–H groups in total. The maximum absolute atomic E-state index is 9.29. The lowest BCUT2D eigenvalue weighted by Gasteiger charge is -2.22. The molecule has 72 valence electrons. The van der Waals surface area contributed by atoms with Crippen molar-refractivity contribution in [2.24, 2.45) is 5.41 Å². The summed E-state index contributed by atoms with van der Waals surface area (Å²) in [7, 11) is 0. The number of nitrogens with zero attached hydrogens (tertiary/aromatic N) is 1. The molecule has 1 saturated heterocycles. The largest absolute Gasteiger partial charge is 0.392 e. The van der Waals surface area contributed by atoms with Crippen molar-refractivity contribution in [2.75, 3.05) is 19.6 Å². The SMILES string of the molecule is CC(C)(C)CCN1CC[C@H](O)C1. The normalized spacial score (nSPS) is 26.5. The highest BCUT2D eigenvalue weighted by Gasteiger charge is 2.21. The fourth-order valence-corrected chi connectivity index (χ4v) is 1.51. The summed E-state index contributed by atoms with van der Waals surface area (Å²) in [6.45, 7) is 9.90. The van der Waals surface area contributed by atoms with Gasteiger partial charge in [-0.05, 0) is 24.8 Å². The fourth-order valence-electron chi connectivity index (χ4n) is 1.51. The van der Waals surface area contributed by atoms with Crippen LogP contribution in [0.2, 0.25) is 0 Å². The Morgan fingerprint density at radius 2 is 2.08 bits per heavy atom. The average molecular weight is 171 g/mol. The van der Waals surface area contributed by atoms with Gasteiger partial charge in [0.05, 0.1) is 6.10 Å². The van der Waals surface area contributed by atoms with E-state index in [0.29, 0.717) is 5.41 Å². The van der Waals surface area contributed by atoms with Crippen molar-refractivity contribution in [3.63, 3.8) is 0 Å². The van der Waals surface area contributed by atoms with Gasteiger partial charge in [0, 0.05) is 13.1 Å². The molecule has 0 unspecified atom stereocenters. The average Bonchev–Trinajstić information content (AvgIpc) is 2.30. The van der Waals surface area contributed by atoms with E-state index < -0.39 is 0 Å². The van der Waals surface area contributed by atoms with Crippen LogP contribution in [-0.2, 0) is 0 Å². The van der Waals surface area contributed by atoms with Gasteiger partial charge < -0.3 is 10.0 Å². The zero-order chi connectivity index (χ0) is 9.19. The Morgan fingerprint density at radius 3 is 2.50 bits per heavy atom. The molecule has 0 aromatic heterocycles. The second kappa shape index (κ2) is 3.75. The first-order valence-corrected chi connectivity index (χ1v) is 4.88. The van der Waals surface area contributed by atoms with Crippen molar-refractivity contribution >= 4 is 0 Å². The molecule has 0 aromatic rings. The van der Waals surface area contributed by atoms with Gasteiger partial charge in [-0.25, -0.2) is 0 Å². The van der Waals surface area contributed by atoms with E-state index in [1.807, 2.05) is 0 Å². The van der Waals surface area contributed by atoms with Crippen LogP contribution >= 0.6 is 0 Å². The van der Waals surface area contributed by atoms with E-state index in [9.17, 15) is 5.11 Å². The minimum Gasteiger partial charge on any atom is -0.392 e. The van der Waals surface area contributed by atoms with Crippen LogP contribution in [-0.4, -0.2) is 35.7 Å². The van der Waals surface area contributed by atoms with Crippen LogP contribution in [0.15, 0.2) is 0 Å². The molecule has 0 spiro atoms. The first-order valence-electron chi connectivity index (χ1n) is 4.88. The Kier molecular flexibility index (Phi) is 3.13. The minimum absolute atomic E-state index is 0.0648. The molecule has 2 nitrogen and oxygen atoms in total. The summed E-state index contributed by atoms with van der Waals surface area (Å²) in [6, 6.07) is 0. The number of aliphatic hydroxyl groups is 1. The van der Waals surface area contributed by atoms with E-state index >= 15 is 0 Å². The van der Waals surface area contributed by atoms with Crippen LogP contribution in [0, 0.1) is 5.41 Å². The number of hydrogen-bond acceptors (Lipinski definition) is 2. The molecule has 0 aromatic carbocycles. The number of likely N-dealkylation sites (tertiary alicyclic amines) is 1. The van der Waals surface area contributed by atoms with Crippen molar-refractivity contribution in [3.05, 3.63) is 0 Å². The van der Waals surface area contributed by atoms with E-state index in [1.54, 1.807) is 0 Å². The molecule has 0 amide bonds. The standard InChI is InChI=1S/C10H21NO/c1-10(2,3)5-7-11-6-4-9(12)8-11/h9,12H,4-8H2,1-3H3/t9-/m0/s1. The molecule has 1 aliphatic rings. The summed E-state index contributed by atoms with van der Waals surface area (Å²) in [6.07, 6.45) is 2.12. The van der Waals surface area contributed by atoms with Crippen molar-refractivity contribution in [1.82, 2.24) is 4.90 Å². The summed E-state index contributed by atoms with van der Waals surface area (Å²) in [5.74, 6) is 0. The summed E-state index contributed by atoms with van der Waals surface area (Å²) >= 11 is 0. The second-order valence-electron chi connectivity index (χ2n) is 5.05. The highest BCUT2D eigenvalue weighted by atomic mass is 16.3. The highest BCUT2D eigenvalue weighted by Crippen LogP contribution is 2.20. The van der Waals surface area contributed by atoms with E-state index in [1.165, 1.54) is 6.42 Å². The lowest BCUT2D eigenvalue weighted by molar-refractivity contribution is 0.170. The van der Waals surface area contributed by atoms with Crippen molar-refractivity contribution in [3.8, 4) is 0 Å². The molecule has 0 bridgehead atoms. The van der Waals surface area contributed by atoms with Gasteiger partial charge in [0.25, 0.3) is 0 Å². The predicted molar refractivity (Wildman–Crippen MR) is 51.1 cm³/mol. The Balaban J connectivity index is 2.16. The van der Waals surface area contributed by atoms with Crippen molar-refractivity contribution in [1.29, 1.82) is 0 Å². The van der Waals surface area contributed by atoms with Gasteiger partial charge >= 0.3 is 0 Å². The second-order valence-corrected chi connectivity index (χ2v) is 5.05. The third kappa shape index (κ3) is 3.55. The first-order chi connectivity index (χ1) is 5.47. The topological polar surface area (TPSA) is 23.5 Å². The third-order valence-electron chi connectivity index (χ3n) is 2.43. The van der Waals surface area contributed by atoms with Crippen LogP contribution < -0.4 is 0 Å². The van der Waals surface area contributed by atoms with Crippen molar-refractivity contribution in [2.45, 2.75) is 39.7 Å². The Bertz CT molecular complexity index is 139. The molecule has 2 heteroatoms. The number of aliphatic hydroxyl groups excluding tert-OH is 1. The maximum Gasteiger partial charge on any atom is 0.0679 e. The van der Waals surface area contributed by atoms with E-state index in [2.05, 4.69) is 25.7 Å². The van der Waals surface area contributed by atoms with Crippen LogP contribution in [0.25, 0.3) is 0 Å². The van der Waals surface area contributed by atoms with Gasteiger partial charge in [-0.3, -0.25) is 0 Å². The third-order valence-corrected chi connectivity index (χ3v) is 2.43. The van der Waals surface area contributed by atoms with Crippen LogP contribution in [0.3, 0.4) is 0 Å². The van der Waals surface area contributed by atoms with Gasteiger partial charge in [0.2, 0.25) is 0 Å². The molecule has 12 heavy (non-hydrogen) atoms. The molecule has 0 aliphatic carbocycles. The molecule has 0 radical (unpaired) electrons. The number of β-amino-alcohol motifs (C(OH)–C–C–N with tert-alkyl or cyclic N) is 1. The van der Waals surface area contributed by atoms with E-state index in [-0.39, 0.29) is 6.10 Å². The molecule has 1 heterocycles. The minimum atomic E-state index is -0.0648. The van der Waals surface area contributed by atoms with Crippen LogP contribution in [0.1, 0.15) is 33.6 Å². The summed E-state index contributed by atoms with van der Waals surface area (Å²) in [4.78, 5) is 2.36. The van der Waals surface area contributed by atoms with E-state index in [4.69, 9.17) is 0 Å². The quantitative estimate of drug-likeness (QED) is 0.680. The van der Waals surface area contributed by atoms with E-state index in [0.717, 1.165) is 26.1 Å². The van der Waals surface area contributed by atoms with Gasteiger partial charge in [-0.1, -0.05) is 20.8 Å². The van der Waals surface area contributed by atoms with Crippen LogP contribution in [0.4, 0.5) is 0 Å². The monoisotopic (exact) mass is 171 g/mol. The Labute approximate surface area is 75.6 Å². The summed E-state index contributed by atoms with van der Waals surface area (Å²) < 4.78 is 0. The summed E-state index contributed by atoms with van der Waals surface area (Å²) in [5.41, 5.74) is 0.424. The first kappa shape index (κ1) is 10.0. The lowest BCUT2D eigenvalue weighted by atomic mass is 9.92. The number of rotatable bonds is 2. The molecule has 1 rings (SSSR count). The van der Waals surface area contributed by atoms with Gasteiger partial charge in [-0.15, -0.1) is 0 Å². The zero-order valence-electron chi connectivity index (χ0n) is 8.51. The van der Waals surface area contributed by atoms with Gasteiger partial charge in [0.15, 0.2) is 0 Å². The molecule has 1 atom stereocenters. The lowest BCUT2D eigenvalue weighted by Crippen LogP contribution is -2.26. The highest BCUT2D eigenvalue weighted by molar-refractivity contribution is 4.75. The van der Waals surface area contributed by atoms with Crippen LogP contribution in [0.5, 0.6) is 0 Å². The maximum atomic E-state index is 9.29. The van der Waals surface area contributed by atoms with Gasteiger partial charge in [-0.2, -0.15) is 0 Å². The molecule has 1 aliphatic heterocycles. The van der Waals surface area contributed by atoms with Crippen molar-refractivity contribution < 1.29 is 5.11 Å². The molecular weight excluding hydrogens is 150 g/mol. The molecule has 1 fully saturated rings. The molecule has 0 saturated carbocycles. The van der Waals surface area contributed by atoms with Gasteiger partial charge in [0.1, 0.15) is 0 Å². The number of hydrogen-bond donors (Lipinski definition) is 1. The Hall–Kier alpha value is -0.0800. The smallest absolute Gasteiger partial charge is 0.0679 e. The molecular formula is C10H21NO.